The first kappa shape index (κ1) is 23.1. The van der Waals surface area contributed by atoms with Crippen molar-refractivity contribution in [2.24, 2.45) is 5.41 Å². The van der Waals surface area contributed by atoms with Gasteiger partial charge >= 0.3 is 0 Å². The third-order valence-corrected chi connectivity index (χ3v) is 4.94. The molecule has 1 aliphatic rings. The van der Waals surface area contributed by atoms with E-state index in [2.05, 4.69) is 10.6 Å². The van der Waals surface area contributed by atoms with Gasteiger partial charge in [0.25, 0.3) is 0 Å². The van der Waals surface area contributed by atoms with Crippen LogP contribution in [0.15, 0.2) is 42.5 Å². The molecule has 1 aliphatic heterocycles. The van der Waals surface area contributed by atoms with E-state index in [1.165, 1.54) is 24.3 Å². The Bertz CT molecular complexity index is 824. The summed E-state index contributed by atoms with van der Waals surface area (Å²) < 4.78 is 38.3. The Morgan fingerprint density at radius 2 is 1.93 bits per heavy atom. The molecule has 0 aromatic heterocycles. The molecule has 0 radical (unpaired) electrons. The summed E-state index contributed by atoms with van der Waals surface area (Å²) in [5.74, 6) is -1.11. The second kappa shape index (κ2) is 10.5. The Balaban J connectivity index is 0.00000300. The van der Waals surface area contributed by atoms with E-state index >= 15 is 0 Å². The number of carbonyl (C=O) groups is 1. The van der Waals surface area contributed by atoms with Crippen molar-refractivity contribution in [2.75, 3.05) is 32.1 Å². The summed E-state index contributed by atoms with van der Waals surface area (Å²) >= 11 is 0. The van der Waals surface area contributed by atoms with Crippen LogP contribution < -0.4 is 15.4 Å². The number of carbonyl (C=O) groups excluding carboxylic acids is 1. The van der Waals surface area contributed by atoms with Crippen LogP contribution in [0.3, 0.4) is 0 Å². The molecule has 158 valence electrons. The minimum atomic E-state index is -0.622. The van der Waals surface area contributed by atoms with E-state index in [0.717, 1.165) is 13.1 Å². The molecule has 29 heavy (non-hydrogen) atoms. The number of hydrogen-bond acceptors (Lipinski definition) is 4. The van der Waals surface area contributed by atoms with Crippen molar-refractivity contribution < 1.29 is 23.0 Å². The SMILES string of the molecule is COCC1(C(=O)Nc2ccc(OCc3cccc(F)c3)c(F)c2)CCNCC1.Cl. The van der Waals surface area contributed by atoms with Crippen LogP contribution in [0, 0.1) is 17.0 Å². The topological polar surface area (TPSA) is 59.6 Å². The third-order valence-electron chi connectivity index (χ3n) is 4.94. The number of nitrogens with one attached hydrogen (secondary N) is 2. The van der Waals surface area contributed by atoms with Crippen LogP contribution in [0.4, 0.5) is 14.5 Å². The number of halogens is 3. The Morgan fingerprint density at radius 1 is 1.17 bits per heavy atom. The smallest absolute Gasteiger partial charge is 0.233 e. The summed E-state index contributed by atoms with van der Waals surface area (Å²) in [7, 11) is 1.57. The molecule has 2 N–H and O–H groups in total. The van der Waals surface area contributed by atoms with E-state index in [9.17, 15) is 13.6 Å². The number of hydrogen-bond donors (Lipinski definition) is 2. The number of benzene rings is 2. The number of methoxy groups -OCH3 is 1. The molecular formula is C21H25ClF2N2O3. The van der Waals surface area contributed by atoms with Crippen molar-refractivity contribution in [3.05, 3.63) is 59.7 Å². The van der Waals surface area contributed by atoms with Crippen molar-refractivity contribution in [1.82, 2.24) is 5.32 Å². The zero-order chi connectivity index (χ0) is 20.0. The van der Waals surface area contributed by atoms with Crippen molar-refractivity contribution in [3.8, 4) is 5.75 Å². The maximum absolute atomic E-state index is 14.4. The van der Waals surface area contributed by atoms with Gasteiger partial charge in [-0.3, -0.25) is 4.79 Å². The van der Waals surface area contributed by atoms with Gasteiger partial charge in [0.15, 0.2) is 11.6 Å². The summed E-state index contributed by atoms with van der Waals surface area (Å²) in [6.07, 6.45) is 1.31. The Labute approximate surface area is 175 Å². The molecule has 8 heteroatoms. The van der Waals surface area contributed by atoms with Crippen molar-refractivity contribution in [2.45, 2.75) is 19.4 Å². The summed E-state index contributed by atoms with van der Waals surface area (Å²) in [4.78, 5) is 12.8. The van der Waals surface area contributed by atoms with Gasteiger partial charge in [-0.2, -0.15) is 0 Å². The van der Waals surface area contributed by atoms with Crippen molar-refractivity contribution in [1.29, 1.82) is 0 Å². The molecule has 0 unspecified atom stereocenters. The second-order valence-corrected chi connectivity index (χ2v) is 6.98. The molecule has 0 bridgehead atoms. The van der Waals surface area contributed by atoms with Gasteiger partial charge in [-0.05, 0) is 55.8 Å². The van der Waals surface area contributed by atoms with Gasteiger partial charge in [0.2, 0.25) is 5.91 Å². The standard InChI is InChI=1S/C21H24F2N2O3.ClH/c1-27-14-21(7-9-24-10-8-21)20(26)25-17-5-6-19(18(23)12-17)28-13-15-3-2-4-16(22)11-15;/h2-6,11-12,24H,7-10,13-14H2,1H3,(H,25,26);1H. The molecule has 0 spiro atoms. The van der Waals surface area contributed by atoms with Crippen molar-refractivity contribution >= 4 is 24.0 Å². The lowest BCUT2D eigenvalue weighted by Crippen LogP contribution is -2.47. The molecule has 0 aliphatic carbocycles. The van der Waals surface area contributed by atoms with Crippen LogP contribution >= 0.6 is 12.4 Å². The van der Waals surface area contributed by atoms with E-state index < -0.39 is 11.2 Å². The monoisotopic (exact) mass is 426 g/mol. The largest absolute Gasteiger partial charge is 0.486 e. The molecule has 2 aromatic carbocycles. The number of piperidine rings is 1. The van der Waals surface area contributed by atoms with Crippen LogP contribution in [0.1, 0.15) is 18.4 Å². The fourth-order valence-corrected chi connectivity index (χ4v) is 3.37. The van der Waals surface area contributed by atoms with Crippen LogP contribution in [0.25, 0.3) is 0 Å². The van der Waals surface area contributed by atoms with Crippen LogP contribution in [0.5, 0.6) is 5.75 Å². The van der Waals surface area contributed by atoms with Gasteiger partial charge in [-0.1, -0.05) is 12.1 Å². The normalized spacial score (nSPS) is 15.3. The lowest BCUT2D eigenvalue weighted by atomic mass is 9.78. The number of ether oxygens (including phenoxy) is 2. The lowest BCUT2D eigenvalue weighted by molar-refractivity contribution is -0.130. The minimum Gasteiger partial charge on any atom is -0.486 e. The fraction of sp³-hybridized carbons (Fsp3) is 0.381. The lowest BCUT2D eigenvalue weighted by Gasteiger charge is -2.35. The zero-order valence-corrected chi connectivity index (χ0v) is 17.0. The van der Waals surface area contributed by atoms with Gasteiger partial charge in [-0.15, -0.1) is 12.4 Å². The molecule has 1 saturated heterocycles. The summed E-state index contributed by atoms with van der Waals surface area (Å²) in [5.41, 5.74) is 0.335. The van der Waals surface area contributed by atoms with E-state index in [1.54, 1.807) is 25.3 Å². The van der Waals surface area contributed by atoms with Crippen LogP contribution in [-0.2, 0) is 16.1 Å². The maximum atomic E-state index is 14.4. The third kappa shape index (κ3) is 5.88. The number of rotatable bonds is 7. The highest BCUT2D eigenvalue weighted by Crippen LogP contribution is 2.31. The second-order valence-electron chi connectivity index (χ2n) is 6.98. The Hall–Kier alpha value is -2.22. The van der Waals surface area contributed by atoms with Gasteiger partial charge in [0.05, 0.1) is 12.0 Å². The first-order valence-corrected chi connectivity index (χ1v) is 9.20. The average Bonchev–Trinajstić information content (AvgIpc) is 2.68. The predicted octanol–water partition coefficient (Wildman–Crippen LogP) is 3.92. The molecule has 2 aromatic rings. The summed E-state index contributed by atoms with van der Waals surface area (Å²) in [5, 5.41) is 6.02. The maximum Gasteiger partial charge on any atom is 0.233 e. The Kier molecular flexibility index (Phi) is 8.37. The highest BCUT2D eigenvalue weighted by molar-refractivity contribution is 5.95. The molecule has 1 fully saturated rings. The first-order valence-electron chi connectivity index (χ1n) is 9.20. The van der Waals surface area contributed by atoms with Crippen LogP contribution in [-0.4, -0.2) is 32.7 Å². The molecule has 3 rings (SSSR count). The quantitative estimate of drug-likeness (QED) is 0.704. The average molecular weight is 427 g/mol. The zero-order valence-electron chi connectivity index (χ0n) is 16.2. The number of anilines is 1. The highest BCUT2D eigenvalue weighted by atomic mass is 35.5. The van der Waals surface area contributed by atoms with Gasteiger partial charge in [0, 0.05) is 18.9 Å². The van der Waals surface area contributed by atoms with E-state index in [4.69, 9.17) is 9.47 Å². The van der Waals surface area contributed by atoms with Crippen LogP contribution in [0.2, 0.25) is 0 Å². The fourth-order valence-electron chi connectivity index (χ4n) is 3.37. The molecule has 0 atom stereocenters. The Morgan fingerprint density at radius 3 is 2.59 bits per heavy atom. The van der Waals surface area contributed by atoms with E-state index in [-0.39, 0.29) is 36.5 Å². The van der Waals surface area contributed by atoms with Gasteiger partial charge in [-0.25, -0.2) is 8.78 Å². The molecular weight excluding hydrogens is 402 g/mol. The molecule has 1 heterocycles. The minimum absolute atomic E-state index is 0. The van der Waals surface area contributed by atoms with Gasteiger partial charge < -0.3 is 20.1 Å². The summed E-state index contributed by atoms with van der Waals surface area (Å²) in [6.45, 7) is 1.83. The van der Waals surface area contributed by atoms with E-state index in [1.807, 2.05) is 0 Å². The highest BCUT2D eigenvalue weighted by Gasteiger charge is 2.39. The molecule has 1 amide bonds. The predicted molar refractivity (Wildman–Crippen MR) is 109 cm³/mol. The molecule has 5 nitrogen and oxygen atoms in total. The van der Waals surface area contributed by atoms with Crippen molar-refractivity contribution in [3.63, 3.8) is 0 Å². The van der Waals surface area contributed by atoms with E-state index in [0.29, 0.717) is 30.7 Å². The molecule has 0 saturated carbocycles. The number of amides is 1. The first-order chi connectivity index (χ1) is 13.5. The summed E-state index contributed by atoms with van der Waals surface area (Å²) in [6, 6.07) is 10.2. The van der Waals surface area contributed by atoms with Gasteiger partial charge in [0.1, 0.15) is 12.4 Å².